The van der Waals surface area contributed by atoms with E-state index in [0.717, 1.165) is 37.8 Å². The number of rotatable bonds is 5. The molecule has 1 saturated carbocycles. The van der Waals surface area contributed by atoms with Gasteiger partial charge in [0.05, 0.1) is 6.04 Å². The summed E-state index contributed by atoms with van der Waals surface area (Å²) in [5.41, 5.74) is 0.971. The SMILES string of the molecule is CC(CC(=O)N1CCNCC1c1ccccc1Cl)NC(=O)C1CCCCC1.Cl. The Balaban J connectivity index is 0.00000280. The molecule has 1 heterocycles. The van der Waals surface area contributed by atoms with Crippen LogP contribution in [0.15, 0.2) is 24.3 Å². The second-order valence-corrected chi connectivity index (χ2v) is 8.18. The first-order valence-corrected chi connectivity index (χ1v) is 10.5. The van der Waals surface area contributed by atoms with Gasteiger partial charge in [-0.3, -0.25) is 9.59 Å². The number of carbonyl (C=O) groups excluding carboxylic acids is 2. The Hall–Kier alpha value is -1.30. The molecule has 0 radical (unpaired) electrons. The van der Waals surface area contributed by atoms with Gasteiger partial charge in [-0.25, -0.2) is 0 Å². The number of amides is 2. The van der Waals surface area contributed by atoms with Gasteiger partial charge in [-0.15, -0.1) is 12.4 Å². The van der Waals surface area contributed by atoms with Crippen LogP contribution in [0.1, 0.15) is 57.1 Å². The molecule has 1 aromatic rings. The van der Waals surface area contributed by atoms with Gasteiger partial charge in [0.15, 0.2) is 0 Å². The van der Waals surface area contributed by atoms with E-state index in [-0.39, 0.29) is 42.2 Å². The number of hydrogen-bond acceptors (Lipinski definition) is 3. The zero-order valence-corrected chi connectivity index (χ0v) is 18.0. The van der Waals surface area contributed by atoms with Gasteiger partial charge in [0, 0.05) is 43.0 Å². The third kappa shape index (κ3) is 5.85. The molecule has 2 atom stereocenters. The van der Waals surface area contributed by atoms with Crippen molar-refractivity contribution in [3.8, 4) is 0 Å². The number of nitrogens with zero attached hydrogens (tertiary/aromatic N) is 1. The highest BCUT2D eigenvalue weighted by Crippen LogP contribution is 2.29. The van der Waals surface area contributed by atoms with Crippen LogP contribution in [0.2, 0.25) is 5.02 Å². The van der Waals surface area contributed by atoms with Crippen LogP contribution in [0.4, 0.5) is 0 Å². The maximum absolute atomic E-state index is 13.0. The molecule has 0 aromatic heterocycles. The van der Waals surface area contributed by atoms with Gasteiger partial charge < -0.3 is 15.5 Å². The van der Waals surface area contributed by atoms with Crippen LogP contribution in [0.3, 0.4) is 0 Å². The Labute approximate surface area is 179 Å². The van der Waals surface area contributed by atoms with Crippen LogP contribution in [-0.2, 0) is 9.59 Å². The number of carbonyl (C=O) groups is 2. The highest BCUT2D eigenvalue weighted by molar-refractivity contribution is 6.31. The van der Waals surface area contributed by atoms with Crippen LogP contribution in [0.5, 0.6) is 0 Å². The molecule has 1 aliphatic heterocycles. The van der Waals surface area contributed by atoms with Crippen molar-refractivity contribution in [3.05, 3.63) is 34.9 Å². The lowest BCUT2D eigenvalue weighted by Crippen LogP contribution is -2.50. The monoisotopic (exact) mass is 427 g/mol. The molecule has 0 spiro atoms. The summed E-state index contributed by atoms with van der Waals surface area (Å²) >= 11 is 6.37. The number of piperazine rings is 1. The molecule has 2 N–H and O–H groups in total. The molecule has 2 aliphatic rings. The summed E-state index contributed by atoms with van der Waals surface area (Å²) in [6.45, 7) is 4.04. The summed E-state index contributed by atoms with van der Waals surface area (Å²) in [5.74, 6) is 0.294. The zero-order valence-electron chi connectivity index (χ0n) is 16.5. The maximum Gasteiger partial charge on any atom is 0.225 e. The lowest BCUT2D eigenvalue weighted by Gasteiger charge is -2.37. The molecule has 2 unspecified atom stereocenters. The first-order chi connectivity index (χ1) is 13.1. The zero-order chi connectivity index (χ0) is 19.2. The van der Waals surface area contributed by atoms with Crippen molar-refractivity contribution in [3.63, 3.8) is 0 Å². The fraction of sp³-hybridized carbons (Fsp3) is 0.619. The number of hydrogen-bond donors (Lipinski definition) is 2. The average Bonchev–Trinajstić information content (AvgIpc) is 2.69. The van der Waals surface area contributed by atoms with E-state index >= 15 is 0 Å². The molecular weight excluding hydrogens is 397 g/mol. The molecular formula is C21H31Cl2N3O2. The lowest BCUT2D eigenvalue weighted by atomic mass is 9.88. The van der Waals surface area contributed by atoms with Gasteiger partial charge in [-0.1, -0.05) is 49.1 Å². The fourth-order valence-corrected chi connectivity index (χ4v) is 4.44. The van der Waals surface area contributed by atoms with E-state index in [0.29, 0.717) is 24.5 Å². The second kappa shape index (κ2) is 11.0. The minimum atomic E-state index is -0.159. The number of halogens is 2. The van der Waals surface area contributed by atoms with E-state index < -0.39 is 0 Å². The van der Waals surface area contributed by atoms with E-state index in [4.69, 9.17) is 11.6 Å². The standard InChI is InChI=1S/C21H30ClN3O2.ClH/c1-15(24-21(27)16-7-3-2-4-8-16)13-20(26)25-12-11-23-14-19(25)17-9-5-6-10-18(17)22;/h5-6,9-10,15-16,19,23H,2-4,7-8,11-14H2,1H3,(H,24,27);1H. The molecule has 2 amide bonds. The quantitative estimate of drug-likeness (QED) is 0.752. The minimum Gasteiger partial charge on any atom is -0.353 e. The van der Waals surface area contributed by atoms with Crippen LogP contribution >= 0.6 is 24.0 Å². The molecule has 0 bridgehead atoms. The second-order valence-electron chi connectivity index (χ2n) is 7.78. The van der Waals surface area contributed by atoms with Gasteiger partial charge in [0.25, 0.3) is 0 Å². The van der Waals surface area contributed by atoms with E-state index in [1.54, 1.807) is 0 Å². The Morgan fingerprint density at radius 2 is 1.96 bits per heavy atom. The topological polar surface area (TPSA) is 61.4 Å². The number of nitrogens with one attached hydrogen (secondary N) is 2. The molecule has 2 fully saturated rings. The van der Waals surface area contributed by atoms with E-state index in [2.05, 4.69) is 10.6 Å². The normalized spacial score (nSPS) is 21.5. The van der Waals surface area contributed by atoms with E-state index in [1.807, 2.05) is 36.1 Å². The van der Waals surface area contributed by atoms with Gasteiger partial charge in [0.1, 0.15) is 0 Å². The van der Waals surface area contributed by atoms with Crippen LogP contribution < -0.4 is 10.6 Å². The summed E-state index contributed by atoms with van der Waals surface area (Å²) in [6.07, 6.45) is 5.75. The molecule has 5 nitrogen and oxygen atoms in total. The third-order valence-corrected chi connectivity index (χ3v) is 6.02. The first-order valence-electron chi connectivity index (χ1n) is 10.1. The van der Waals surface area contributed by atoms with Crippen LogP contribution in [0, 0.1) is 5.92 Å². The van der Waals surface area contributed by atoms with Crippen molar-refractivity contribution in [2.75, 3.05) is 19.6 Å². The summed E-state index contributed by atoms with van der Waals surface area (Å²) < 4.78 is 0. The fourth-order valence-electron chi connectivity index (χ4n) is 4.18. The highest BCUT2D eigenvalue weighted by Gasteiger charge is 2.30. The molecule has 3 rings (SSSR count). The minimum absolute atomic E-state index is 0. The molecule has 156 valence electrons. The Morgan fingerprint density at radius 3 is 2.68 bits per heavy atom. The molecule has 1 aromatic carbocycles. The molecule has 1 aliphatic carbocycles. The highest BCUT2D eigenvalue weighted by atomic mass is 35.5. The van der Waals surface area contributed by atoms with Crippen molar-refractivity contribution in [1.82, 2.24) is 15.5 Å². The largest absolute Gasteiger partial charge is 0.353 e. The predicted octanol–water partition coefficient (Wildman–Crippen LogP) is 3.71. The van der Waals surface area contributed by atoms with Crippen molar-refractivity contribution >= 4 is 35.8 Å². The van der Waals surface area contributed by atoms with Crippen LogP contribution in [0.25, 0.3) is 0 Å². The van der Waals surface area contributed by atoms with Crippen LogP contribution in [-0.4, -0.2) is 42.4 Å². The Bertz CT molecular complexity index is 665. The first kappa shape index (κ1) is 23.0. The van der Waals surface area contributed by atoms with Crippen molar-refractivity contribution in [2.24, 2.45) is 5.92 Å². The van der Waals surface area contributed by atoms with E-state index in [9.17, 15) is 9.59 Å². The summed E-state index contributed by atoms with van der Waals surface area (Å²) in [5, 5.41) is 7.09. The van der Waals surface area contributed by atoms with Crippen molar-refractivity contribution in [1.29, 1.82) is 0 Å². The lowest BCUT2D eigenvalue weighted by molar-refractivity contribution is -0.135. The maximum atomic E-state index is 13.0. The predicted molar refractivity (Wildman–Crippen MR) is 115 cm³/mol. The summed E-state index contributed by atoms with van der Waals surface area (Å²) in [7, 11) is 0. The van der Waals surface area contributed by atoms with Crippen molar-refractivity contribution < 1.29 is 9.59 Å². The Kier molecular flexibility index (Phi) is 9.06. The molecule has 7 heteroatoms. The number of benzene rings is 1. The third-order valence-electron chi connectivity index (χ3n) is 5.67. The van der Waals surface area contributed by atoms with Gasteiger partial charge in [-0.2, -0.15) is 0 Å². The average molecular weight is 428 g/mol. The van der Waals surface area contributed by atoms with Crippen molar-refractivity contribution in [2.45, 2.75) is 57.5 Å². The smallest absolute Gasteiger partial charge is 0.225 e. The Morgan fingerprint density at radius 1 is 1.25 bits per heavy atom. The van der Waals surface area contributed by atoms with Gasteiger partial charge in [0.2, 0.25) is 11.8 Å². The van der Waals surface area contributed by atoms with Gasteiger partial charge >= 0.3 is 0 Å². The van der Waals surface area contributed by atoms with E-state index in [1.165, 1.54) is 6.42 Å². The molecule has 28 heavy (non-hydrogen) atoms. The molecule has 1 saturated heterocycles. The van der Waals surface area contributed by atoms with Gasteiger partial charge in [-0.05, 0) is 31.4 Å². The summed E-state index contributed by atoms with van der Waals surface area (Å²) in [6, 6.07) is 7.47. The summed E-state index contributed by atoms with van der Waals surface area (Å²) in [4.78, 5) is 27.3.